The lowest BCUT2D eigenvalue weighted by atomic mass is 9.95. The van der Waals surface area contributed by atoms with Crippen LogP contribution in [-0.2, 0) is 4.79 Å². The molecule has 1 unspecified atom stereocenters. The van der Waals surface area contributed by atoms with Gasteiger partial charge in [0.1, 0.15) is 17.4 Å². The maximum atomic E-state index is 13.9. The molecule has 2 aromatic carbocycles. The summed E-state index contributed by atoms with van der Waals surface area (Å²) in [5.41, 5.74) is 0.486. The normalized spacial score (nSPS) is 15.5. The van der Waals surface area contributed by atoms with Crippen molar-refractivity contribution in [3.05, 3.63) is 65.4 Å². The molecule has 1 N–H and O–H groups in total. The number of hydrogen-bond donors (Lipinski definition) is 1. The molecule has 174 valence electrons. The van der Waals surface area contributed by atoms with Gasteiger partial charge in [0.05, 0.1) is 18.2 Å². The summed E-state index contributed by atoms with van der Waals surface area (Å²) >= 11 is 0. The van der Waals surface area contributed by atoms with E-state index in [-0.39, 0.29) is 23.4 Å². The second-order valence-electron chi connectivity index (χ2n) is 8.18. The van der Waals surface area contributed by atoms with Gasteiger partial charge >= 0.3 is 0 Å². The number of rotatable bonds is 6. The van der Waals surface area contributed by atoms with Crippen molar-refractivity contribution in [2.45, 2.75) is 32.7 Å². The molecular formula is C25H26F2N2O4. The first-order valence-electron chi connectivity index (χ1n) is 11.1. The van der Waals surface area contributed by atoms with E-state index < -0.39 is 17.5 Å². The largest absolute Gasteiger partial charge is 0.490 e. The van der Waals surface area contributed by atoms with E-state index in [4.69, 9.17) is 9.15 Å². The molecule has 0 radical (unpaired) electrons. The van der Waals surface area contributed by atoms with Gasteiger partial charge in [0, 0.05) is 30.5 Å². The van der Waals surface area contributed by atoms with Crippen LogP contribution in [-0.4, -0.2) is 36.4 Å². The minimum Gasteiger partial charge on any atom is -0.490 e. The number of para-hydroxylation sites is 1. The number of furan rings is 1. The molecule has 4 rings (SSSR count). The molecule has 2 amide bonds. The maximum Gasteiger partial charge on any atom is 0.256 e. The van der Waals surface area contributed by atoms with Gasteiger partial charge in [-0.3, -0.25) is 9.59 Å². The van der Waals surface area contributed by atoms with Gasteiger partial charge in [0.15, 0.2) is 11.3 Å². The average molecular weight is 456 g/mol. The minimum absolute atomic E-state index is 0.118. The minimum atomic E-state index is -0.882. The van der Waals surface area contributed by atoms with Crippen molar-refractivity contribution >= 4 is 22.8 Å². The summed E-state index contributed by atoms with van der Waals surface area (Å²) in [4.78, 5) is 26.9. The number of fused-ring (bicyclic) bond motifs is 1. The molecule has 0 saturated carbocycles. The fraction of sp³-hybridized carbons (Fsp3) is 0.360. The molecule has 1 aliphatic heterocycles. The predicted molar refractivity (Wildman–Crippen MR) is 119 cm³/mol. The van der Waals surface area contributed by atoms with E-state index in [2.05, 4.69) is 5.32 Å². The highest BCUT2D eigenvalue weighted by Crippen LogP contribution is 2.31. The van der Waals surface area contributed by atoms with E-state index in [1.807, 2.05) is 38.1 Å². The van der Waals surface area contributed by atoms with Gasteiger partial charge in [0.2, 0.25) is 5.91 Å². The Morgan fingerprint density at radius 1 is 1.18 bits per heavy atom. The van der Waals surface area contributed by atoms with Crippen LogP contribution in [0.2, 0.25) is 0 Å². The summed E-state index contributed by atoms with van der Waals surface area (Å²) in [6, 6.07) is 10.1. The van der Waals surface area contributed by atoms with Gasteiger partial charge in [-0.1, -0.05) is 12.1 Å². The predicted octanol–water partition coefficient (Wildman–Crippen LogP) is 4.84. The Morgan fingerprint density at radius 2 is 1.94 bits per heavy atom. The summed E-state index contributed by atoms with van der Waals surface area (Å²) in [7, 11) is 0. The molecule has 6 nitrogen and oxygen atoms in total. The zero-order chi connectivity index (χ0) is 23.5. The first-order valence-corrected chi connectivity index (χ1v) is 11.1. The number of halogens is 2. The zero-order valence-electron chi connectivity index (χ0n) is 18.6. The van der Waals surface area contributed by atoms with Crippen LogP contribution in [0.1, 0.15) is 48.8 Å². The number of hydrogen-bond acceptors (Lipinski definition) is 4. The van der Waals surface area contributed by atoms with Crippen molar-refractivity contribution in [3.8, 4) is 5.75 Å². The third-order valence-corrected chi connectivity index (χ3v) is 5.93. The van der Waals surface area contributed by atoms with E-state index in [1.54, 1.807) is 0 Å². The summed E-state index contributed by atoms with van der Waals surface area (Å²) < 4.78 is 38.6. The maximum absolute atomic E-state index is 13.9. The van der Waals surface area contributed by atoms with Crippen LogP contribution in [0.15, 0.2) is 46.9 Å². The van der Waals surface area contributed by atoms with E-state index in [1.165, 1.54) is 4.90 Å². The van der Waals surface area contributed by atoms with Gasteiger partial charge < -0.3 is 19.4 Å². The average Bonchev–Trinajstić information content (AvgIpc) is 3.25. The smallest absolute Gasteiger partial charge is 0.256 e. The SMILES string of the molecule is CCOc1cccc2cc(C(C)NC(=O)C3CCN(C(=O)c4ccc(F)cc4F)CC3)oc12. The van der Waals surface area contributed by atoms with Gasteiger partial charge in [-0.2, -0.15) is 0 Å². The molecular weight excluding hydrogens is 430 g/mol. The Hall–Kier alpha value is -3.42. The zero-order valence-corrected chi connectivity index (χ0v) is 18.6. The number of carbonyl (C=O) groups is 2. The molecule has 33 heavy (non-hydrogen) atoms. The van der Waals surface area contributed by atoms with Crippen molar-refractivity contribution in [2.75, 3.05) is 19.7 Å². The summed E-state index contributed by atoms with van der Waals surface area (Å²) in [6.07, 6.45) is 0.920. The lowest BCUT2D eigenvalue weighted by Crippen LogP contribution is -2.43. The standard InChI is InChI=1S/C25H26F2N2O4/c1-3-32-21-6-4-5-17-13-22(33-23(17)21)15(2)28-24(30)16-9-11-29(12-10-16)25(31)19-8-7-18(26)14-20(19)27/h4-8,13-16H,3,9-12H2,1-2H3,(H,28,30). The number of likely N-dealkylation sites (tertiary alicyclic amines) is 1. The molecule has 1 saturated heterocycles. The van der Waals surface area contributed by atoms with E-state index in [9.17, 15) is 18.4 Å². The van der Waals surface area contributed by atoms with Gasteiger partial charge in [0.25, 0.3) is 5.91 Å². The van der Waals surface area contributed by atoms with Crippen molar-refractivity contribution in [2.24, 2.45) is 5.92 Å². The molecule has 1 atom stereocenters. The van der Waals surface area contributed by atoms with Crippen molar-refractivity contribution in [3.63, 3.8) is 0 Å². The Labute approximate surface area is 190 Å². The van der Waals surface area contributed by atoms with Crippen LogP contribution < -0.4 is 10.1 Å². The highest BCUT2D eigenvalue weighted by Gasteiger charge is 2.30. The Balaban J connectivity index is 1.36. The van der Waals surface area contributed by atoms with Crippen molar-refractivity contribution < 1.29 is 27.5 Å². The molecule has 1 aromatic heterocycles. The number of nitrogens with zero attached hydrogens (tertiary/aromatic N) is 1. The lowest BCUT2D eigenvalue weighted by molar-refractivity contribution is -0.127. The van der Waals surface area contributed by atoms with E-state index >= 15 is 0 Å². The van der Waals surface area contributed by atoms with Gasteiger partial charge in [-0.05, 0) is 51.0 Å². The number of nitrogens with one attached hydrogen (secondary N) is 1. The van der Waals surface area contributed by atoms with Crippen LogP contribution in [0.5, 0.6) is 5.75 Å². The van der Waals surface area contributed by atoms with E-state index in [0.29, 0.717) is 55.7 Å². The van der Waals surface area contributed by atoms with Gasteiger partial charge in [-0.25, -0.2) is 8.78 Å². The third kappa shape index (κ3) is 4.84. The Bertz CT molecular complexity index is 1170. The highest BCUT2D eigenvalue weighted by molar-refractivity contribution is 5.94. The van der Waals surface area contributed by atoms with Gasteiger partial charge in [-0.15, -0.1) is 0 Å². The second kappa shape index (κ2) is 9.60. The fourth-order valence-corrected chi connectivity index (χ4v) is 4.12. The van der Waals surface area contributed by atoms with Crippen molar-refractivity contribution in [1.29, 1.82) is 0 Å². The molecule has 2 heterocycles. The first kappa shape index (κ1) is 22.8. The van der Waals surface area contributed by atoms with Crippen LogP contribution in [0.4, 0.5) is 8.78 Å². The number of ether oxygens (including phenoxy) is 1. The molecule has 8 heteroatoms. The quantitative estimate of drug-likeness (QED) is 0.576. The van der Waals surface area contributed by atoms with Crippen LogP contribution in [0.3, 0.4) is 0 Å². The van der Waals surface area contributed by atoms with Crippen LogP contribution in [0.25, 0.3) is 11.0 Å². The van der Waals surface area contributed by atoms with E-state index in [0.717, 1.165) is 17.5 Å². The second-order valence-corrected chi connectivity index (χ2v) is 8.18. The topological polar surface area (TPSA) is 71.8 Å². The molecule has 0 spiro atoms. The molecule has 3 aromatic rings. The third-order valence-electron chi connectivity index (χ3n) is 5.93. The molecule has 1 fully saturated rings. The number of benzene rings is 2. The Morgan fingerprint density at radius 3 is 2.64 bits per heavy atom. The molecule has 0 bridgehead atoms. The van der Waals surface area contributed by atoms with Crippen molar-refractivity contribution in [1.82, 2.24) is 10.2 Å². The van der Waals surface area contributed by atoms with Crippen LogP contribution in [0, 0.1) is 17.6 Å². The lowest BCUT2D eigenvalue weighted by Gasteiger charge is -2.32. The number of carbonyl (C=O) groups excluding carboxylic acids is 2. The summed E-state index contributed by atoms with van der Waals surface area (Å²) in [5, 5.41) is 3.89. The highest BCUT2D eigenvalue weighted by atomic mass is 19.1. The summed E-state index contributed by atoms with van der Waals surface area (Å²) in [5.74, 6) is -1.20. The summed E-state index contributed by atoms with van der Waals surface area (Å²) in [6.45, 7) is 4.93. The first-order chi connectivity index (χ1) is 15.9. The molecule has 1 aliphatic rings. The fourth-order valence-electron chi connectivity index (χ4n) is 4.12. The monoisotopic (exact) mass is 456 g/mol. The number of piperidine rings is 1. The molecule has 0 aliphatic carbocycles. The Kier molecular flexibility index (Phi) is 6.62. The van der Waals surface area contributed by atoms with Crippen LogP contribution >= 0.6 is 0 Å². The number of amides is 2.